The lowest BCUT2D eigenvalue weighted by Crippen LogP contribution is -2.20. The second-order valence-corrected chi connectivity index (χ2v) is 7.57. The molecule has 1 aromatic carbocycles. The third-order valence-corrected chi connectivity index (χ3v) is 5.51. The summed E-state index contributed by atoms with van der Waals surface area (Å²) < 4.78 is 25.4. The number of non-ortho nitro benzene ring substituents is 1. The van der Waals surface area contributed by atoms with Gasteiger partial charge in [-0.25, -0.2) is 8.42 Å². The van der Waals surface area contributed by atoms with Gasteiger partial charge >= 0.3 is 0 Å². The summed E-state index contributed by atoms with van der Waals surface area (Å²) in [6.07, 6.45) is 1.69. The first-order chi connectivity index (χ1) is 9.33. The zero-order chi connectivity index (χ0) is 14.9. The molecule has 0 unspecified atom stereocenters. The molecule has 0 bridgehead atoms. The normalized spacial score (nSPS) is 12.2. The Labute approximate surface area is 117 Å². The van der Waals surface area contributed by atoms with Gasteiger partial charge in [0, 0.05) is 18.8 Å². The lowest BCUT2D eigenvalue weighted by molar-refractivity contribution is -0.383. The van der Waals surface area contributed by atoms with Crippen LogP contribution in [-0.4, -0.2) is 28.9 Å². The molecule has 0 radical (unpaired) electrons. The molecule has 20 heavy (non-hydrogen) atoms. The Morgan fingerprint density at radius 2 is 2.00 bits per heavy atom. The molecule has 0 spiro atoms. The van der Waals surface area contributed by atoms with Crippen molar-refractivity contribution in [1.29, 1.82) is 0 Å². The lowest BCUT2D eigenvalue weighted by atomic mass is 10.2. The number of nitro benzene ring substituents is 1. The topological polar surface area (TPSA) is 82.2 Å². The van der Waals surface area contributed by atoms with E-state index in [-0.39, 0.29) is 11.4 Å². The van der Waals surface area contributed by atoms with E-state index in [1.54, 1.807) is 42.8 Å². The predicted octanol–water partition coefficient (Wildman–Crippen LogP) is 2.37. The Kier molecular flexibility index (Phi) is 3.80. The lowest BCUT2D eigenvalue weighted by Gasteiger charge is -2.09. The number of sulfone groups is 1. The third kappa shape index (κ3) is 2.67. The van der Waals surface area contributed by atoms with E-state index < -0.39 is 20.0 Å². The quantitative estimate of drug-likeness (QED) is 0.626. The van der Waals surface area contributed by atoms with Crippen LogP contribution in [0.2, 0.25) is 0 Å². The van der Waals surface area contributed by atoms with Crippen LogP contribution in [0.15, 0.2) is 30.5 Å². The minimum Gasteiger partial charge on any atom is -0.346 e. The molecule has 1 heterocycles. The zero-order valence-corrected chi connectivity index (χ0v) is 12.1. The maximum Gasteiger partial charge on any atom is 0.278 e. The van der Waals surface area contributed by atoms with E-state index in [0.29, 0.717) is 17.4 Å². The Bertz CT molecular complexity index is 747. The van der Waals surface area contributed by atoms with Crippen LogP contribution in [0.4, 0.5) is 5.69 Å². The van der Waals surface area contributed by atoms with E-state index in [1.165, 1.54) is 6.07 Å². The van der Waals surface area contributed by atoms with Gasteiger partial charge in [0.2, 0.25) is 0 Å². The van der Waals surface area contributed by atoms with Crippen LogP contribution in [-0.2, 0) is 16.4 Å². The first-order valence-electron chi connectivity index (χ1n) is 6.27. The molecule has 0 atom stereocenters. The number of aryl methyl sites for hydroxylation is 1. The van der Waals surface area contributed by atoms with Crippen molar-refractivity contribution in [2.75, 3.05) is 5.75 Å². The van der Waals surface area contributed by atoms with Gasteiger partial charge in [0.25, 0.3) is 5.69 Å². The summed E-state index contributed by atoms with van der Waals surface area (Å²) in [5.74, 6) is 0.0249. The van der Waals surface area contributed by atoms with Gasteiger partial charge in [-0.05, 0) is 26.0 Å². The summed E-state index contributed by atoms with van der Waals surface area (Å²) in [6, 6.07) is 6.45. The minimum atomic E-state index is -3.12. The molecule has 0 N–H and O–H groups in total. The molecule has 108 valence electrons. The highest BCUT2D eigenvalue weighted by atomic mass is 32.2. The molecule has 0 fully saturated rings. The monoisotopic (exact) mass is 296 g/mol. The number of aromatic nitrogens is 1. The molecule has 7 heteroatoms. The van der Waals surface area contributed by atoms with Crippen molar-refractivity contribution in [2.45, 2.75) is 25.6 Å². The van der Waals surface area contributed by atoms with E-state index >= 15 is 0 Å². The van der Waals surface area contributed by atoms with Crippen molar-refractivity contribution in [3.63, 3.8) is 0 Å². The number of nitrogens with zero attached hydrogens (tertiary/aromatic N) is 2. The summed E-state index contributed by atoms with van der Waals surface area (Å²) in [7, 11) is -3.12. The molecule has 0 aliphatic rings. The number of rotatable bonds is 5. The first kappa shape index (κ1) is 14.5. The van der Waals surface area contributed by atoms with Gasteiger partial charge in [-0.1, -0.05) is 6.07 Å². The van der Waals surface area contributed by atoms with E-state index in [0.717, 1.165) is 0 Å². The first-order valence-corrected chi connectivity index (χ1v) is 7.98. The van der Waals surface area contributed by atoms with E-state index in [9.17, 15) is 18.5 Å². The second kappa shape index (κ2) is 5.24. The van der Waals surface area contributed by atoms with E-state index in [2.05, 4.69) is 0 Å². The van der Waals surface area contributed by atoms with Crippen LogP contribution in [0.25, 0.3) is 10.9 Å². The third-order valence-electron chi connectivity index (χ3n) is 3.32. The largest absolute Gasteiger partial charge is 0.346 e. The number of fused-ring (bicyclic) bond motifs is 1. The summed E-state index contributed by atoms with van der Waals surface area (Å²) in [5, 5.41) is 11.0. The summed E-state index contributed by atoms with van der Waals surface area (Å²) in [4.78, 5) is 10.5. The highest BCUT2D eigenvalue weighted by Crippen LogP contribution is 2.26. The fourth-order valence-electron chi connectivity index (χ4n) is 2.02. The Hall–Kier alpha value is -1.89. The smallest absolute Gasteiger partial charge is 0.278 e. The van der Waals surface area contributed by atoms with Crippen molar-refractivity contribution in [3.05, 3.63) is 40.6 Å². The van der Waals surface area contributed by atoms with Crippen LogP contribution >= 0.6 is 0 Å². The van der Waals surface area contributed by atoms with E-state index in [4.69, 9.17) is 0 Å². The molecular formula is C13H16N2O4S. The summed E-state index contributed by atoms with van der Waals surface area (Å²) in [6.45, 7) is 3.59. The highest BCUT2D eigenvalue weighted by Gasteiger charge is 2.18. The van der Waals surface area contributed by atoms with Crippen molar-refractivity contribution >= 4 is 26.4 Å². The standard InChI is InChI=1S/C13H16N2O4S/c1-10(2)20(18,19)9-8-14-7-6-11-12(14)4-3-5-13(11)15(16)17/h3-7,10H,8-9H2,1-2H3. The SMILES string of the molecule is CC(C)S(=O)(=O)CCn1ccc2c([N+](=O)[O-])cccc21. The molecule has 0 saturated heterocycles. The van der Waals surface area contributed by atoms with Gasteiger partial charge in [-0.2, -0.15) is 0 Å². The predicted molar refractivity (Wildman–Crippen MR) is 77.5 cm³/mol. The van der Waals surface area contributed by atoms with Crippen molar-refractivity contribution in [3.8, 4) is 0 Å². The van der Waals surface area contributed by atoms with Gasteiger partial charge < -0.3 is 4.57 Å². The molecule has 0 aliphatic heterocycles. The molecule has 0 saturated carbocycles. The van der Waals surface area contributed by atoms with Crippen LogP contribution in [0.5, 0.6) is 0 Å². The molecule has 6 nitrogen and oxygen atoms in total. The molecule has 0 aliphatic carbocycles. The highest BCUT2D eigenvalue weighted by molar-refractivity contribution is 7.91. The molecule has 2 aromatic rings. The number of benzene rings is 1. The summed E-state index contributed by atoms with van der Waals surface area (Å²) in [5.41, 5.74) is 0.714. The van der Waals surface area contributed by atoms with Crippen molar-refractivity contribution < 1.29 is 13.3 Å². The maximum atomic E-state index is 11.8. The Morgan fingerprint density at radius 1 is 1.30 bits per heavy atom. The van der Waals surface area contributed by atoms with Crippen LogP contribution in [0.1, 0.15) is 13.8 Å². The summed E-state index contributed by atoms with van der Waals surface area (Å²) >= 11 is 0. The number of hydrogen-bond donors (Lipinski definition) is 0. The second-order valence-electron chi connectivity index (χ2n) is 4.89. The molecule has 2 rings (SSSR count). The zero-order valence-electron chi connectivity index (χ0n) is 11.3. The van der Waals surface area contributed by atoms with Crippen LogP contribution < -0.4 is 0 Å². The Balaban J connectivity index is 2.34. The Morgan fingerprint density at radius 3 is 2.60 bits per heavy atom. The van der Waals surface area contributed by atoms with Crippen LogP contribution in [0, 0.1) is 10.1 Å². The molecule has 0 amide bonds. The van der Waals surface area contributed by atoms with Crippen molar-refractivity contribution in [1.82, 2.24) is 4.57 Å². The van der Waals surface area contributed by atoms with Crippen LogP contribution in [0.3, 0.4) is 0 Å². The number of hydrogen-bond acceptors (Lipinski definition) is 4. The fourth-order valence-corrected chi connectivity index (χ4v) is 2.95. The fraction of sp³-hybridized carbons (Fsp3) is 0.385. The van der Waals surface area contributed by atoms with Crippen molar-refractivity contribution in [2.24, 2.45) is 0 Å². The van der Waals surface area contributed by atoms with Gasteiger partial charge in [0.15, 0.2) is 9.84 Å². The molecule has 1 aromatic heterocycles. The average Bonchev–Trinajstić information content (AvgIpc) is 2.79. The van der Waals surface area contributed by atoms with E-state index in [1.807, 2.05) is 0 Å². The molecular weight excluding hydrogens is 280 g/mol. The van der Waals surface area contributed by atoms with Gasteiger partial charge in [-0.3, -0.25) is 10.1 Å². The van der Waals surface area contributed by atoms with Gasteiger partial charge in [0.05, 0.1) is 26.8 Å². The van der Waals surface area contributed by atoms with Gasteiger partial charge in [0.1, 0.15) is 0 Å². The van der Waals surface area contributed by atoms with Gasteiger partial charge in [-0.15, -0.1) is 0 Å². The maximum absolute atomic E-state index is 11.8. The minimum absolute atomic E-state index is 0.0249. The average molecular weight is 296 g/mol. The number of nitro groups is 1.